The van der Waals surface area contributed by atoms with E-state index >= 15 is 0 Å². The lowest BCUT2D eigenvalue weighted by Crippen LogP contribution is -2.28. The number of benzene rings is 2. The second-order valence-corrected chi connectivity index (χ2v) is 6.82. The van der Waals surface area contributed by atoms with E-state index in [1.54, 1.807) is 30.3 Å². The molecule has 1 N–H and O–H groups in total. The molecule has 0 aliphatic carbocycles. The van der Waals surface area contributed by atoms with E-state index in [9.17, 15) is 14.4 Å². The van der Waals surface area contributed by atoms with Crippen LogP contribution in [-0.4, -0.2) is 22.3 Å². The number of nitrogens with one attached hydrogen (secondary N) is 1. The van der Waals surface area contributed by atoms with E-state index in [0.29, 0.717) is 16.9 Å². The summed E-state index contributed by atoms with van der Waals surface area (Å²) in [5.41, 5.74) is 3.55. The standard InChI is InChI=1S/C22H19N3O3/c1-14(26)23-17-7-9-18(10-8-17)25-21(27)12-15(22(25)28)11-16-13-24(2)20-6-4-3-5-19(16)20/h3-11,13H,12H2,1-2H3,(H,23,26)/b15-11-. The minimum atomic E-state index is -0.315. The number of carbonyl (C=O) groups is 3. The van der Waals surface area contributed by atoms with E-state index in [1.807, 2.05) is 42.1 Å². The van der Waals surface area contributed by atoms with Gasteiger partial charge in [-0.15, -0.1) is 0 Å². The number of aromatic nitrogens is 1. The van der Waals surface area contributed by atoms with Crippen LogP contribution in [0.1, 0.15) is 18.9 Å². The first-order valence-corrected chi connectivity index (χ1v) is 8.93. The second kappa shape index (κ2) is 6.81. The molecule has 4 rings (SSSR count). The number of nitrogens with zero attached hydrogens (tertiary/aromatic N) is 2. The lowest BCUT2D eigenvalue weighted by Gasteiger charge is -2.14. The Hall–Kier alpha value is -3.67. The molecule has 0 atom stereocenters. The van der Waals surface area contributed by atoms with Gasteiger partial charge in [0.25, 0.3) is 5.91 Å². The summed E-state index contributed by atoms with van der Waals surface area (Å²) >= 11 is 0. The predicted molar refractivity (Wildman–Crippen MR) is 109 cm³/mol. The van der Waals surface area contributed by atoms with Gasteiger partial charge in [-0.2, -0.15) is 0 Å². The number of anilines is 2. The van der Waals surface area contributed by atoms with Crippen LogP contribution in [-0.2, 0) is 21.4 Å². The Morgan fingerprint density at radius 3 is 2.50 bits per heavy atom. The summed E-state index contributed by atoms with van der Waals surface area (Å²) in [6, 6.07) is 14.6. The number of hydrogen-bond donors (Lipinski definition) is 1. The van der Waals surface area contributed by atoms with Gasteiger partial charge in [-0.3, -0.25) is 14.4 Å². The fraction of sp³-hybridized carbons (Fsp3) is 0.136. The van der Waals surface area contributed by atoms with Gasteiger partial charge >= 0.3 is 0 Å². The van der Waals surface area contributed by atoms with Gasteiger partial charge in [-0.1, -0.05) is 18.2 Å². The van der Waals surface area contributed by atoms with Gasteiger partial charge in [0, 0.05) is 47.9 Å². The van der Waals surface area contributed by atoms with Crippen LogP contribution in [0.2, 0.25) is 0 Å². The summed E-state index contributed by atoms with van der Waals surface area (Å²) in [5, 5.41) is 3.70. The largest absolute Gasteiger partial charge is 0.350 e. The molecule has 3 aromatic rings. The molecule has 1 fully saturated rings. The van der Waals surface area contributed by atoms with Gasteiger partial charge in [0.05, 0.1) is 12.1 Å². The van der Waals surface area contributed by atoms with Crippen molar-refractivity contribution < 1.29 is 14.4 Å². The van der Waals surface area contributed by atoms with E-state index in [1.165, 1.54) is 11.8 Å². The highest BCUT2D eigenvalue weighted by molar-refractivity contribution is 6.29. The third-order valence-corrected chi connectivity index (χ3v) is 4.77. The number of imide groups is 1. The van der Waals surface area contributed by atoms with E-state index in [2.05, 4.69) is 5.32 Å². The van der Waals surface area contributed by atoms with Crippen LogP contribution < -0.4 is 10.2 Å². The summed E-state index contributed by atoms with van der Waals surface area (Å²) in [7, 11) is 1.95. The van der Waals surface area contributed by atoms with Crippen LogP contribution >= 0.6 is 0 Å². The topological polar surface area (TPSA) is 71.4 Å². The summed E-state index contributed by atoms with van der Waals surface area (Å²) in [6.45, 7) is 1.42. The molecule has 0 spiro atoms. The zero-order valence-electron chi connectivity index (χ0n) is 15.6. The third-order valence-electron chi connectivity index (χ3n) is 4.77. The predicted octanol–water partition coefficient (Wildman–Crippen LogP) is 3.48. The first kappa shape index (κ1) is 17.7. The number of hydrogen-bond acceptors (Lipinski definition) is 3. The first-order chi connectivity index (χ1) is 13.4. The zero-order chi connectivity index (χ0) is 19.8. The molecule has 140 valence electrons. The van der Waals surface area contributed by atoms with E-state index < -0.39 is 0 Å². The molecule has 1 saturated heterocycles. The molecule has 0 saturated carbocycles. The lowest BCUT2D eigenvalue weighted by molar-refractivity contribution is -0.120. The molecule has 0 unspecified atom stereocenters. The number of fused-ring (bicyclic) bond motifs is 1. The Bertz CT molecular complexity index is 1140. The Morgan fingerprint density at radius 1 is 1.07 bits per heavy atom. The maximum absolute atomic E-state index is 12.9. The van der Waals surface area contributed by atoms with Crippen LogP contribution in [0.4, 0.5) is 11.4 Å². The molecule has 0 radical (unpaired) electrons. The minimum absolute atomic E-state index is 0.0650. The smallest absolute Gasteiger partial charge is 0.261 e. The van der Waals surface area contributed by atoms with Gasteiger partial charge in [0.2, 0.25) is 11.8 Å². The van der Waals surface area contributed by atoms with Crippen LogP contribution in [0.3, 0.4) is 0 Å². The van der Waals surface area contributed by atoms with Crippen molar-refractivity contribution in [3.8, 4) is 0 Å². The molecule has 1 aliphatic heterocycles. The van der Waals surface area contributed by atoms with E-state index in [-0.39, 0.29) is 24.1 Å². The van der Waals surface area contributed by atoms with Crippen LogP contribution in [0.25, 0.3) is 17.0 Å². The van der Waals surface area contributed by atoms with Crippen molar-refractivity contribution >= 4 is 46.1 Å². The maximum Gasteiger partial charge on any atom is 0.261 e. The average Bonchev–Trinajstić information content (AvgIpc) is 3.12. The fourth-order valence-electron chi connectivity index (χ4n) is 3.52. The van der Waals surface area contributed by atoms with Crippen molar-refractivity contribution in [1.82, 2.24) is 4.57 Å². The Morgan fingerprint density at radius 2 is 1.79 bits per heavy atom. The number of para-hydroxylation sites is 1. The average molecular weight is 373 g/mol. The molecular weight excluding hydrogens is 354 g/mol. The Labute approximate surface area is 162 Å². The summed E-state index contributed by atoms with van der Waals surface area (Å²) in [4.78, 5) is 37.7. The summed E-state index contributed by atoms with van der Waals surface area (Å²) < 4.78 is 2.00. The monoisotopic (exact) mass is 373 g/mol. The second-order valence-electron chi connectivity index (χ2n) is 6.82. The van der Waals surface area contributed by atoms with Crippen LogP contribution in [0.5, 0.6) is 0 Å². The molecule has 28 heavy (non-hydrogen) atoms. The van der Waals surface area contributed by atoms with Crippen molar-refractivity contribution in [2.75, 3.05) is 10.2 Å². The van der Waals surface area contributed by atoms with Gasteiger partial charge < -0.3 is 9.88 Å². The molecule has 2 aromatic carbocycles. The van der Waals surface area contributed by atoms with Crippen molar-refractivity contribution in [1.29, 1.82) is 0 Å². The molecular formula is C22H19N3O3. The van der Waals surface area contributed by atoms with Crippen LogP contribution in [0, 0.1) is 0 Å². The first-order valence-electron chi connectivity index (χ1n) is 8.93. The lowest BCUT2D eigenvalue weighted by atomic mass is 10.1. The molecule has 1 aromatic heterocycles. The molecule has 0 bridgehead atoms. The number of rotatable bonds is 3. The van der Waals surface area contributed by atoms with Crippen molar-refractivity contribution in [3.05, 3.63) is 65.9 Å². The van der Waals surface area contributed by atoms with Gasteiger partial charge in [-0.25, -0.2) is 4.90 Å². The third kappa shape index (κ3) is 3.09. The van der Waals surface area contributed by atoms with E-state index in [4.69, 9.17) is 0 Å². The maximum atomic E-state index is 12.9. The van der Waals surface area contributed by atoms with Gasteiger partial charge in [0.1, 0.15) is 0 Å². The number of carbonyl (C=O) groups excluding carboxylic acids is 3. The molecule has 3 amide bonds. The minimum Gasteiger partial charge on any atom is -0.350 e. The highest BCUT2D eigenvalue weighted by Gasteiger charge is 2.35. The molecule has 6 heteroatoms. The normalized spacial score (nSPS) is 15.6. The van der Waals surface area contributed by atoms with Crippen molar-refractivity contribution in [3.63, 3.8) is 0 Å². The highest BCUT2D eigenvalue weighted by Crippen LogP contribution is 2.30. The Balaban J connectivity index is 1.65. The quantitative estimate of drug-likeness (QED) is 0.564. The molecule has 2 heterocycles. The van der Waals surface area contributed by atoms with Gasteiger partial charge in [-0.05, 0) is 36.4 Å². The fourth-order valence-corrected chi connectivity index (χ4v) is 3.52. The van der Waals surface area contributed by atoms with E-state index in [0.717, 1.165) is 16.5 Å². The number of amides is 3. The van der Waals surface area contributed by atoms with Gasteiger partial charge in [0.15, 0.2) is 0 Å². The van der Waals surface area contributed by atoms with Crippen molar-refractivity contribution in [2.24, 2.45) is 7.05 Å². The zero-order valence-corrected chi connectivity index (χ0v) is 15.6. The SMILES string of the molecule is CC(=O)Nc1ccc(N2C(=O)C/C(=C/c3cn(C)c4ccccc34)C2=O)cc1. The van der Waals surface area contributed by atoms with Crippen LogP contribution in [0.15, 0.2) is 60.3 Å². The summed E-state index contributed by atoms with van der Waals surface area (Å²) in [5.74, 6) is -0.754. The molecule has 6 nitrogen and oxygen atoms in total. The number of aryl methyl sites for hydroxylation is 1. The molecule has 1 aliphatic rings. The van der Waals surface area contributed by atoms with Crippen molar-refractivity contribution in [2.45, 2.75) is 13.3 Å². The Kier molecular flexibility index (Phi) is 4.31. The summed E-state index contributed by atoms with van der Waals surface area (Å²) in [6.07, 6.45) is 3.82. The highest BCUT2D eigenvalue weighted by atomic mass is 16.2.